The molecule has 3 rings (SSSR count). The number of piperidine rings is 1. The van der Waals surface area contributed by atoms with Crippen molar-refractivity contribution in [3.05, 3.63) is 29.8 Å². The highest BCUT2D eigenvalue weighted by Crippen LogP contribution is 2.23. The van der Waals surface area contributed by atoms with Crippen molar-refractivity contribution >= 4 is 23.4 Å². The van der Waals surface area contributed by atoms with Crippen LogP contribution in [0.4, 0.5) is 5.69 Å². The molecule has 0 radical (unpaired) electrons. The molecule has 1 atom stereocenters. The maximum absolute atomic E-state index is 12.9. The van der Waals surface area contributed by atoms with E-state index in [1.807, 2.05) is 11.0 Å². The minimum atomic E-state index is -0.262. The predicted octanol–water partition coefficient (Wildman–Crippen LogP) is 2.26. The molecule has 6 heteroatoms. The fourth-order valence-electron chi connectivity index (χ4n) is 3.57. The Bertz CT molecular complexity index is 674. The zero-order chi connectivity index (χ0) is 17.8. The van der Waals surface area contributed by atoms with Crippen LogP contribution in [0, 0.1) is 0 Å². The highest BCUT2D eigenvalue weighted by atomic mass is 16.2. The zero-order valence-electron chi connectivity index (χ0n) is 14.7. The van der Waals surface area contributed by atoms with Gasteiger partial charge in [-0.25, -0.2) is 0 Å². The van der Waals surface area contributed by atoms with E-state index < -0.39 is 0 Å². The molecule has 1 aromatic carbocycles. The van der Waals surface area contributed by atoms with Crippen molar-refractivity contribution in [1.82, 2.24) is 9.80 Å². The van der Waals surface area contributed by atoms with Gasteiger partial charge in [0.15, 0.2) is 0 Å². The average Bonchev–Trinajstić information content (AvgIpc) is 3.00. The molecule has 2 aliphatic rings. The molecule has 2 heterocycles. The normalized spacial score (nSPS) is 20.7. The minimum absolute atomic E-state index is 0.0154. The van der Waals surface area contributed by atoms with E-state index >= 15 is 0 Å². The standard InChI is InChI=1S/C19H25N3O3/c1-14-7-4-5-12-22(14)19(25)15-8-2-3-9-16(15)20-17(23)13-21-11-6-10-18(21)24/h2-3,8-9,14H,4-7,10-13H2,1H3,(H,20,23). The second-order valence-corrected chi connectivity index (χ2v) is 6.86. The van der Waals surface area contributed by atoms with E-state index in [1.165, 1.54) is 0 Å². The van der Waals surface area contributed by atoms with Crippen molar-refractivity contribution in [2.75, 3.05) is 25.0 Å². The molecule has 134 valence electrons. The van der Waals surface area contributed by atoms with E-state index in [4.69, 9.17) is 0 Å². The van der Waals surface area contributed by atoms with Crippen LogP contribution in [0.1, 0.15) is 49.4 Å². The summed E-state index contributed by atoms with van der Waals surface area (Å²) in [6.45, 7) is 3.49. The Hall–Kier alpha value is -2.37. The highest BCUT2D eigenvalue weighted by Gasteiger charge is 2.27. The van der Waals surface area contributed by atoms with Crippen molar-refractivity contribution in [2.24, 2.45) is 0 Å². The fraction of sp³-hybridized carbons (Fsp3) is 0.526. The summed E-state index contributed by atoms with van der Waals surface area (Å²) in [5.74, 6) is -0.288. The summed E-state index contributed by atoms with van der Waals surface area (Å²) in [4.78, 5) is 40.3. The third-order valence-electron chi connectivity index (χ3n) is 5.00. The van der Waals surface area contributed by atoms with E-state index in [1.54, 1.807) is 23.1 Å². The summed E-state index contributed by atoms with van der Waals surface area (Å²) in [6.07, 6.45) is 4.48. The van der Waals surface area contributed by atoms with Gasteiger partial charge in [0.25, 0.3) is 5.91 Å². The monoisotopic (exact) mass is 343 g/mol. The average molecular weight is 343 g/mol. The van der Waals surface area contributed by atoms with Crippen LogP contribution in [-0.4, -0.2) is 53.2 Å². The molecule has 25 heavy (non-hydrogen) atoms. The van der Waals surface area contributed by atoms with Crippen LogP contribution in [0.3, 0.4) is 0 Å². The molecule has 0 aromatic heterocycles. The van der Waals surface area contributed by atoms with Crippen LogP contribution < -0.4 is 5.32 Å². The van der Waals surface area contributed by atoms with E-state index in [2.05, 4.69) is 12.2 Å². The van der Waals surface area contributed by atoms with Gasteiger partial charge in [-0.15, -0.1) is 0 Å². The first-order valence-corrected chi connectivity index (χ1v) is 9.04. The van der Waals surface area contributed by atoms with Gasteiger partial charge in [0.05, 0.1) is 17.8 Å². The predicted molar refractivity (Wildman–Crippen MR) is 95.2 cm³/mol. The molecule has 0 spiro atoms. The number of carbonyl (C=O) groups is 3. The van der Waals surface area contributed by atoms with Gasteiger partial charge in [-0.3, -0.25) is 14.4 Å². The molecule has 1 unspecified atom stereocenters. The minimum Gasteiger partial charge on any atom is -0.336 e. The summed E-state index contributed by atoms with van der Waals surface area (Å²) in [7, 11) is 0. The van der Waals surface area contributed by atoms with Crippen molar-refractivity contribution in [2.45, 2.75) is 45.1 Å². The molecule has 3 amide bonds. The molecule has 6 nitrogen and oxygen atoms in total. The fourth-order valence-corrected chi connectivity index (χ4v) is 3.57. The maximum Gasteiger partial charge on any atom is 0.256 e. The molecular weight excluding hydrogens is 318 g/mol. The molecule has 0 saturated carbocycles. The van der Waals surface area contributed by atoms with Gasteiger partial charge in [0.2, 0.25) is 11.8 Å². The van der Waals surface area contributed by atoms with Crippen LogP contribution in [0.2, 0.25) is 0 Å². The van der Waals surface area contributed by atoms with Crippen molar-refractivity contribution < 1.29 is 14.4 Å². The largest absolute Gasteiger partial charge is 0.336 e. The quantitative estimate of drug-likeness (QED) is 0.912. The van der Waals surface area contributed by atoms with Crippen LogP contribution in [0.5, 0.6) is 0 Å². The van der Waals surface area contributed by atoms with E-state index in [0.717, 1.165) is 32.2 Å². The Balaban J connectivity index is 1.71. The molecule has 2 fully saturated rings. The third-order valence-corrected chi connectivity index (χ3v) is 5.00. The number of para-hydroxylation sites is 1. The lowest BCUT2D eigenvalue weighted by molar-refractivity contribution is -0.131. The van der Waals surface area contributed by atoms with Gasteiger partial charge in [-0.1, -0.05) is 12.1 Å². The summed E-state index contributed by atoms with van der Waals surface area (Å²) >= 11 is 0. The third kappa shape index (κ3) is 4.00. The Labute approximate surface area is 148 Å². The second-order valence-electron chi connectivity index (χ2n) is 6.86. The van der Waals surface area contributed by atoms with Gasteiger partial charge < -0.3 is 15.1 Å². The second kappa shape index (κ2) is 7.68. The van der Waals surface area contributed by atoms with Crippen molar-refractivity contribution in [1.29, 1.82) is 0 Å². The molecular formula is C19H25N3O3. The van der Waals surface area contributed by atoms with Gasteiger partial charge >= 0.3 is 0 Å². The lowest BCUT2D eigenvalue weighted by Crippen LogP contribution is -2.42. The number of hydrogen-bond donors (Lipinski definition) is 1. The Morgan fingerprint density at radius 3 is 2.68 bits per heavy atom. The smallest absolute Gasteiger partial charge is 0.256 e. The number of hydrogen-bond acceptors (Lipinski definition) is 3. The number of likely N-dealkylation sites (tertiary alicyclic amines) is 2. The van der Waals surface area contributed by atoms with E-state index in [0.29, 0.717) is 24.2 Å². The maximum atomic E-state index is 12.9. The first-order chi connectivity index (χ1) is 12.1. The Kier molecular flexibility index (Phi) is 5.36. The van der Waals surface area contributed by atoms with Crippen LogP contribution in [0.15, 0.2) is 24.3 Å². The SMILES string of the molecule is CC1CCCCN1C(=O)c1ccccc1NC(=O)CN1CCCC1=O. The van der Waals surface area contributed by atoms with E-state index in [9.17, 15) is 14.4 Å². The molecule has 1 N–H and O–H groups in total. The van der Waals surface area contributed by atoms with Gasteiger partial charge in [-0.05, 0) is 44.7 Å². The highest BCUT2D eigenvalue weighted by molar-refractivity contribution is 6.04. The topological polar surface area (TPSA) is 69.7 Å². The van der Waals surface area contributed by atoms with Gasteiger partial charge in [-0.2, -0.15) is 0 Å². The van der Waals surface area contributed by atoms with Gasteiger partial charge in [0.1, 0.15) is 0 Å². The summed E-state index contributed by atoms with van der Waals surface area (Å²) in [5, 5.41) is 2.81. The molecule has 0 bridgehead atoms. The van der Waals surface area contributed by atoms with Crippen molar-refractivity contribution in [3.8, 4) is 0 Å². The van der Waals surface area contributed by atoms with Crippen molar-refractivity contribution in [3.63, 3.8) is 0 Å². The summed E-state index contributed by atoms with van der Waals surface area (Å²) in [5.41, 5.74) is 1.03. The Morgan fingerprint density at radius 2 is 1.96 bits per heavy atom. The molecule has 1 aromatic rings. The Morgan fingerprint density at radius 1 is 1.16 bits per heavy atom. The number of amides is 3. The first kappa shape index (κ1) is 17.5. The molecule has 2 saturated heterocycles. The summed E-state index contributed by atoms with van der Waals surface area (Å²) in [6, 6.07) is 7.31. The number of carbonyl (C=O) groups excluding carboxylic acids is 3. The number of nitrogens with zero attached hydrogens (tertiary/aromatic N) is 2. The number of anilines is 1. The van der Waals surface area contributed by atoms with Crippen LogP contribution in [0.25, 0.3) is 0 Å². The number of benzene rings is 1. The first-order valence-electron chi connectivity index (χ1n) is 9.04. The summed E-state index contributed by atoms with van der Waals surface area (Å²) < 4.78 is 0. The zero-order valence-corrected chi connectivity index (χ0v) is 14.7. The lowest BCUT2D eigenvalue weighted by atomic mass is 10.0. The number of rotatable bonds is 4. The number of nitrogens with one attached hydrogen (secondary N) is 1. The van der Waals surface area contributed by atoms with Crippen LogP contribution in [-0.2, 0) is 9.59 Å². The molecule has 2 aliphatic heterocycles. The van der Waals surface area contributed by atoms with Gasteiger partial charge in [0, 0.05) is 25.6 Å². The molecule has 0 aliphatic carbocycles. The lowest BCUT2D eigenvalue weighted by Gasteiger charge is -2.34. The van der Waals surface area contributed by atoms with Crippen LogP contribution >= 0.6 is 0 Å². The van der Waals surface area contributed by atoms with E-state index in [-0.39, 0.29) is 30.3 Å².